The van der Waals surface area contributed by atoms with Gasteiger partial charge in [0, 0.05) is 17.4 Å². The maximum absolute atomic E-state index is 12.1. The third-order valence-electron chi connectivity index (χ3n) is 3.02. The Balaban J connectivity index is 2.11. The second-order valence-electron chi connectivity index (χ2n) is 4.52. The number of nitrogens with one attached hydrogen (secondary N) is 1. The van der Waals surface area contributed by atoms with Gasteiger partial charge in [-0.2, -0.15) is 0 Å². The van der Waals surface area contributed by atoms with Crippen LogP contribution in [0.3, 0.4) is 0 Å². The highest BCUT2D eigenvalue weighted by molar-refractivity contribution is 5.95. The van der Waals surface area contributed by atoms with E-state index < -0.39 is 0 Å². The number of nitrogen functional groups attached to an aromatic ring is 1. The van der Waals surface area contributed by atoms with E-state index in [0.29, 0.717) is 11.3 Å². The lowest BCUT2D eigenvalue weighted by Crippen LogP contribution is -2.27. The van der Waals surface area contributed by atoms with Gasteiger partial charge in [0.05, 0.1) is 11.7 Å². The van der Waals surface area contributed by atoms with E-state index in [1.165, 1.54) is 0 Å². The van der Waals surface area contributed by atoms with Crippen LogP contribution in [0, 0.1) is 6.92 Å². The van der Waals surface area contributed by atoms with Gasteiger partial charge in [-0.1, -0.05) is 12.1 Å². The van der Waals surface area contributed by atoms with Crippen LogP contribution >= 0.6 is 0 Å². The number of carbonyl (C=O) groups is 1. The van der Waals surface area contributed by atoms with Crippen molar-refractivity contribution in [2.24, 2.45) is 0 Å². The minimum absolute atomic E-state index is 0.142. The standard InChI is InChI=1S/C15H17N3O/c1-10-6-7-12(9-13(10)16)15(19)18-11(2)14-5-3-4-8-17-14/h3-9,11H,16H2,1-2H3,(H,18,19)/t11-/m1/s1. The molecular formula is C15H17N3O. The second kappa shape index (κ2) is 5.52. The smallest absolute Gasteiger partial charge is 0.251 e. The number of hydrogen-bond donors (Lipinski definition) is 2. The van der Waals surface area contributed by atoms with E-state index in [9.17, 15) is 4.79 Å². The Morgan fingerprint density at radius 3 is 2.74 bits per heavy atom. The molecule has 2 aromatic rings. The van der Waals surface area contributed by atoms with E-state index in [2.05, 4.69) is 10.3 Å². The van der Waals surface area contributed by atoms with Crippen LogP contribution in [-0.4, -0.2) is 10.9 Å². The summed E-state index contributed by atoms with van der Waals surface area (Å²) in [4.78, 5) is 16.3. The fourth-order valence-corrected chi connectivity index (χ4v) is 1.77. The van der Waals surface area contributed by atoms with Crippen LogP contribution in [0.4, 0.5) is 5.69 Å². The number of rotatable bonds is 3. The molecule has 1 heterocycles. The largest absolute Gasteiger partial charge is 0.398 e. The van der Waals surface area contributed by atoms with Gasteiger partial charge in [-0.05, 0) is 43.7 Å². The number of benzene rings is 1. The van der Waals surface area contributed by atoms with Gasteiger partial charge in [0.2, 0.25) is 0 Å². The molecule has 3 N–H and O–H groups in total. The summed E-state index contributed by atoms with van der Waals surface area (Å²) in [5, 5.41) is 2.90. The van der Waals surface area contributed by atoms with E-state index in [-0.39, 0.29) is 11.9 Å². The zero-order chi connectivity index (χ0) is 13.8. The SMILES string of the molecule is Cc1ccc(C(=O)N[C@H](C)c2ccccn2)cc1N. The molecule has 0 saturated carbocycles. The molecule has 0 radical (unpaired) electrons. The molecule has 0 aliphatic carbocycles. The number of nitrogens with two attached hydrogens (primary N) is 1. The topological polar surface area (TPSA) is 68.0 Å². The fourth-order valence-electron chi connectivity index (χ4n) is 1.77. The van der Waals surface area contributed by atoms with Crippen LogP contribution in [0.1, 0.15) is 34.6 Å². The Kier molecular flexibility index (Phi) is 3.80. The Bertz CT molecular complexity index is 581. The Labute approximate surface area is 112 Å². The van der Waals surface area contributed by atoms with Crippen molar-refractivity contribution in [1.82, 2.24) is 10.3 Å². The van der Waals surface area contributed by atoms with Crippen LogP contribution in [-0.2, 0) is 0 Å². The summed E-state index contributed by atoms with van der Waals surface area (Å²) in [5.74, 6) is -0.148. The normalized spacial score (nSPS) is 11.9. The highest BCUT2D eigenvalue weighted by atomic mass is 16.1. The van der Waals surface area contributed by atoms with Crippen LogP contribution < -0.4 is 11.1 Å². The highest BCUT2D eigenvalue weighted by Crippen LogP contribution is 2.14. The van der Waals surface area contributed by atoms with Gasteiger partial charge < -0.3 is 11.1 Å². The molecule has 1 atom stereocenters. The molecular weight excluding hydrogens is 238 g/mol. The zero-order valence-corrected chi connectivity index (χ0v) is 11.1. The van der Waals surface area contributed by atoms with Crippen molar-refractivity contribution in [3.63, 3.8) is 0 Å². The van der Waals surface area contributed by atoms with Crippen molar-refractivity contribution < 1.29 is 4.79 Å². The highest BCUT2D eigenvalue weighted by Gasteiger charge is 2.12. The molecule has 0 saturated heterocycles. The molecule has 1 amide bonds. The van der Waals surface area contributed by atoms with Crippen molar-refractivity contribution in [2.75, 3.05) is 5.73 Å². The minimum atomic E-state index is -0.148. The van der Waals surface area contributed by atoms with Gasteiger partial charge in [0.15, 0.2) is 0 Å². The zero-order valence-electron chi connectivity index (χ0n) is 11.1. The quantitative estimate of drug-likeness (QED) is 0.828. The van der Waals surface area contributed by atoms with E-state index in [0.717, 1.165) is 11.3 Å². The first-order valence-corrected chi connectivity index (χ1v) is 6.16. The summed E-state index contributed by atoms with van der Waals surface area (Å²) >= 11 is 0. The van der Waals surface area contributed by atoms with E-state index in [1.54, 1.807) is 18.3 Å². The number of aromatic nitrogens is 1. The molecule has 0 aliphatic rings. The Hall–Kier alpha value is -2.36. The first kappa shape index (κ1) is 13.1. The van der Waals surface area contributed by atoms with Gasteiger partial charge in [0.1, 0.15) is 0 Å². The molecule has 2 rings (SSSR count). The first-order chi connectivity index (χ1) is 9.08. The Morgan fingerprint density at radius 2 is 2.11 bits per heavy atom. The van der Waals surface area contributed by atoms with Crippen molar-refractivity contribution in [3.8, 4) is 0 Å². The summed E-state index contributed by atoms with van der Waals surface area (Å²) in [6.45, 7) is 3.81. The summed E-state index contributed by atoms with van der Waals surface area (Å²) in [7, 11) is 0. The van der Waals surface area contributed by atoms with Crippen molar-refractivity contribution in [3.05, 3.63) is 59.4 Å². The van der Waals surface area contributed by atoms with Crippen LogP contribution in [0.15, 0.2) is 42.6 Å². The molecule has 0 unspecified atom stereocenters. The van der Waals surface area contributed by atoms with Gasteiger partial charge in [-0.15, -0.1) is 0 Å². The molecule has 0 spiro atoms. The molecule has 0 bridgehead atoms. The molecule has 1 aromatic carbocycles. The van der Waals surface area contributed by atoms with E-state index in [1.807, 2.05) is 38.1 Å². The maximum Gasteiger partial charge on any atom is 0.251 e. The maximum atomic E-state index is 12.1. The van der Waals surface area contributed by atoms with Crippen LogP contribution in [0.2, 0.25) is 0 Å². The number of hydrogen-bond acceptors (Lipinski definition) is 3. The lowest BCUT2D eigenvalue weighted by Gasteiger charge is -2.13. The number of amides is 1. The molecule has 0 fully saturated rings. The average Bonchev–Trinajstić information content (AvgIpc) is 2.42. The Morgan fingerprint density at radius 1 is 1.32 bits per heavy atom. The number of carbonyl (C=O) groups excluding carboxylic acids is 1. The van der Waals surface area contributed by atoms with E-state index >= 15 is 0 Å². The van der Waals surface area contributed by atoms with E-state index in [4.69, 9.17) is 5.73 Å². The van der Waals surface area contributed by atoms with Crippen LogP contribution in [0.5, 0.6) is 0 Å². The summed E-state index contributed by atoms with van der Waals surface area (Å²) < 4.78 is 0. The molecule has 1 aromatic heterocycles. The average molecular weight is 255 g/mol. The molecule has 98 valence electrons. The third kappa shape index (κ3) is 3.10. The first-order valence-electron chi connectivity index (χ1n) is 6.16. The molecule has 19 heavy (non-hydrogen) atoms. The number of aryl methyl sites for hydroxylation is 1. The van der Waals surface area contributed by atoms with Gasteiger partial charge in [-0.25, -0.2) is 0 Å². The molecule has 4 nitrogen and oxygen atoms in total. The molecule has 0 aliphatic heterocycles. The van der Waals surface area contributed by atoms with Gasteiger partial charge in [-0.3, -0.25) is 9.78 Å². The van der Waals surface area contributed by atoms with Gasteiger partial charge in [0.25, 0.3) is 5.91 Å². The molecule has 4 heteroatoms. The van der Waals surface area contributed by atoms with Crippen molar-refractivity contribution in [1.29, 1.82) is 0 Å². The third-order valence-corrected chi connectivity index (χ3v) is 3.02. The lowest BCUT2D eigenvalue weighted by atomic mass is 10.1. The predicted octanol–water partition coefficient (Wildman–Crippen LogP) is 2.46. The summed E-state index contributed by atoms with van der Waals surface area (Å²) in [5.41, 5.74) is 8.79. The number of pyridine rings is 1. The lowest BCUT2D eigenvalue weighted by molar-refractivity contribution is 0.0939. The van der Waals surface area contributed by atoms with Gasteiger partial charge >= 0.3 is 0 Å². The minimum Gasteiger partial charge on any atom is -0.398 e. The van der Waals surface area contributed by atoms with Crippen molar-refractivity contribution >= 4 is 11.6 Å². The number of nitrogens with zero attached hydrogens (tertiary/aromatic N) is 1. The second-order valence-corrected chi connectivity index (χ2v) is 4.52. The van der Waals surface area contributed by atoms with Crippen molar-refractivity contribution in [2.45, 2.75) is 19.9 Å². The number of anilines is 1. The fraction of sp³-hybridized carbons (Fsp3) is 0.200. The predicted molar refractivity (Wildman–Crippen MR) is 75.7 cm³/mol. The summed E-state index contributed by atoms with van der Waals surface area (Å²) in [6, 6.07) is 10.8. The monoisotopic (exact) mass is 255 g/mol. The van der Waals surface area contributed by atoms with Crippen LogP contribution in [0.25, 0.3) is 0 Å². The summed E-state index contributed by atoms with van der Waals surface area (Å²) in [6.07, 6.45) is 1.71.